The number of hydrogen-bond acceptors (Lipinski definition) is 5. The third-order valence-corrected chi connectivity index (χ3v) is 1.49. The second kappa shape index (κ2) is 3.29. The summed E-state index contributed by atoms with van der Waals surface area (Å²) in [5, 5.41) is 12.2. The molecule has 2 aromatic heterocycles. The van der Waals surface area contributed by atoms with E-state index in [1.54, 1.807) is 6.92 Å². The van der Waals surface area contributed by atoms with E-state index in [0.29, 0.717) is 11.5 Å². The Balaban J connectivity index is 2.10. The molecule has 0 unspecified atom stereocenters. The summed E-state index contributed by atoms with van der Waals surface area (Å²) in [7, 11) is 0. The molecule has 0 saturated carbocycles. The van der Waals surface area contributed by atoms with Gasteiger partial charge in [-0.05, 0) is 6.92 Å². The Labute approximate surface area is 78.5 Å². The first kappa shape index (κ1) is 8.42. The predicted molar refractivity (Wildman–Crippen MR) is 45.6 cm³/mol. The van der Waals surface area contributed by atoms with E-state index in [4.69, 9.17) is 0 Å². The van der Waals surface area contributed by atoms with Crippen LogP contribution in [0.25, 0.3) is 0 Å². The fourth-order valence-corrected chi connectivity index (χ4v) is 0.898. The van der Waals surface area contributed by atoms with Crippen LogP contribution >= 0.6 is 0 Å². The number of aryl methyl sites for hydroxylation is 1. The minimum atomic E-state index is -0.405. The van der Waals surface area contributed by atoms with Crippen molar-refractivity contribution in [3.63, 3.8) is 0 Å². The molecule has 0 radical (unpaired) electrons. The number of carbonyl (C=O) groups excluding carboxylic acids is 1. The van der Waals surface area contributed by atoms with E-state index < -0.39 is 5.91 Å². The molecule has 2 N–H and O–H groups in total. The lowest BCUT2D eigenvalue weighted by atomic mass is 10.5. The Morgan fingerprint density at radius 1 is 1.64 bits per heavy atom. The summed E-state index contributed by atoms with van der Waals surface area (Å²) >= 11 is 0. The van der Waals surface area contributed by atoms with Gasteiger partial charge in [-0.3, -0.25) is 9.89 Å². The highest BCUT2D eigenvalue weighted by molar-refractivity contribution is 6.01. The average molecular weight is 193 g/mol. The fraction of sp³-hybridized carbons (Fsp3) is 0.143. The van der Waals surface area contributed by atoms with Gasteiger partial charge >= 0.3 is 0 Å². The molecule has 0 spiro atoms. The van der Waals surface area contributed by atoms with E-state index >= 15 is 0 Å². The summed E-state index contributed by atoms with van der Waals surface area (Å²) in [5.41, 5.74) is 0.470. The summed E-state index contributed by atoms with van der Waals surface area (Å²) in [5.74, 6) is 0.265. The average Bonchev–Trinajstić information content (AvgIpc) is 2.75. The molecular formula is C7H7N5O2. The highest BCUT2D eigenvalue weighted by atomic mass is 16.5. The van der Waals surface area contributed by atoms with Crippen molar-refractivity contribution in [3.05, 3.63) is 24.1 Å². The van der Waals surface area contributed by atoms with Crippen molar-refractivity contribution in [3.8, 4) is 0 Å². The van der Waals surface area contributed by atoms with Gasteiger partial charge in [0.2, 0.25) is 5.82 Å². The van der Waals surface area contributed by atoms with Crippen molar-refractivity contribution in [2.45, 2.75) is 6.92 Å². The lowest BCUT2D eigenvalue weighted by molar-refractivity contribution is 0.101. The van der Waals surface area contributed by atoms with Crippen molar-refractivity contribution < 1.29 is 9.32 Å². The topological polar surface area (TPSA) is 96.7 Å². The van der Waals surface area contributed by atoms with Crippen LogP contribution in [0.5, 0.6) is 0 Å². The predicted octanol–water partition coefficient (Wildman–Crippen LogP) is 0.353. The quantitative estimate of drug-likeness (QED) is 0.717. The Morgan fingerprint density at radius 2 is 2.50 bits per heavy atom. The van der Waals surface area contributed by atoms with Crippen LogP contribution in [0.3, 0.4) is 0 Å². The molecule has 2 heterocycles. The number of nitrogens with one attached hydrogen (secondary N) is 2. The number of carbonyl (C=O) groups is 1. The van der Waals surface area contributed by atoms with Gasteiger partial charge in [0.1, 0.15) is 17.8 Å². The Kier molecular flexibility index (Phi) is 1.98. The van der Waals surface area contributed by atoms with E-state index in [0.717, 1.165) is 0 Å². The number of amides is 1. The molecule has 0 aliphatic carbocycles. The van der Waals surface area contributed by atoms with Crippen LogP contribution in [0, 0.1) is 6.92 Å². The minimum absolute atomic E-state index is 0.0868. The molecule has 0 aliphatic rings. The summed E-state index contributed by atoms with van der Waals surface area (Å²) in [6.45, 7) is 1.71. The van der Waals surface area contributed by atoms with Crippen molar-refractivity contribution >= 4 is 11.6 Å². The highest BCUT2D eigenvalue weighted by Gasteiger charge is 2.11. The maximum Gasteiger partial charge on any atom is 0.295 e. The fourth-order valence-electron chi connectivity index (χ4n) is 0.898. The largest absolute Gasteiger partial charge is 0.363 e. The normalized spacial score (nSPS) is 10.1. The van der Waals surface area contributed by atoms with Gasteiger partial charge in [0.25, 0.3) is 5.91 Å². The van der Waals surface area contributed by atoms with Crippen molar-refractivity contribution in [1.82, 2.24) is 20.3 Å². The number of H-pyrrole nitrogens is 1. The molecular weight excluding hydrogens is 186 g/mol. The summed E-state index contributed by atoms with van der Waals surface area (Å²) in [6, 6.07) is 0. The molecule has 0 aromatic carbocycles. The van der Waals surface area contributed by atoms with E-state index in [9.17, 15) is 4.79 Å². The van der Waals surface area contributed by atoms with E-state index in [1.165, 1.54) is 12.5 Å². The number of aromatic amines is 1. The van der Waals surface area contributed by atoms with Gasteiger partial charge in [-0.2, -0.15) is 0 Å². The van der Waals surface area contributed by atoms with Gasteiger partial charge in [-0.15, -0.1) is 5.10 Å². The molecule has 1 amide bonds. The number of nitrogens with zero attached hydrogens (tertiary/aromatic N) is 3. The van der Waals surface area contributed by atoms with Gasteiger partial charge in [0.15, 0.2) is 0 Å². The van der Waals surface area contributed by atoms with Gasteiger partial charge in [-0.1, -0.05) is 5.16 Å². The summed E-state index contributed by atoms with van der Waals surface area (Å²) in [4.78, 5) is 15.3. The first-order valence-corrected chi connectivity index (χ1v) is 3.85. The number of anilines is 1. The highest BCUT2D eigenvalue weighted by Crippen LogP contribution is 2.04. The van der Waals surface area contributed by atoms with Crippen molar-refractivity contribution in [1.29, 1.82) is 0 Å². The summed E-state index contributed by atoms with van der Waals surface area (Å²) < 4.78 is 4.54. The van der Waals surface area contributed by atoms with Gasteiger partial charge in [0, 0.05) is 0 Å². The third kappa shape index (κ3) is 1.60. The molecule has 14 heavy (non-hydrogen) atoms. The Hall–Kier alpha value is -2.18. The maximum absolute atomic E-state index is 11.4. The molecule has 0 saturated heterocycles. The van der Waals surface area contributed by atoms with Crippen molar-refractivity contribution in [2.75, 3.05) is 5.32 Å². The van der Waals surface area contributed by atoms with Gasteiger partial charge in [-0.25, -0.2) is 4.98 Å². The van der Waals surface area contributed by atoms with Crippen LogP contribution in [0.1, 0.15) is 16.4 Å². The van der Waals surface area contributed by atoms with Crippen LogP contribution in [0.2, 0.25) is 0 Å². The maximum atomic E-state index is 11.4. The SMILES string of the molecule is Cc1nc(C(=O)Nc2cnoc2)n[nH]1. The Bertz CT molecular complexity index is 433. The number of aromatic nitrogens is 4. The lowest BCUT2D eigenvalue weighted by Gasteiger charge is -1.94. The van der Waals surface area contributed by atoms with Crippen LogP contribution in [-0.4, -0.2) is 26.2 Å². The second-order valence-corrected chi connectivity index (χ2v) is 2.61. The molecule has 72 valence electrons. The third-order valence-electron chi connectivity index (χ3n) is 1.49. The zero-order valence-electron chi connectivity index (χ0n) is 7.31. The second-order valence-electron chi connectivity index (χ2n) is 2.61. The molecule has 7 nitrogen and oxygen atoms in total. The van der Waals surface area contributed by atoms with Crippen molar-refractivity contribution in [2.24, 2.45) is 0 Å². The first-order chi connectivity index (χ1) is 6.75. The summed E-state index contributed by atoms with van der Waals surface area (Å²) in [6.07, 6.45) is 2.70. The van der Waals surface area contributed by atoms with Gasteiger partial charge in [0.05, 0.1) is 6.20 Å². The monoisotopic (exact) mass is 193 g/mol. The minimum Gasteiger partial charge on any atom is -0.363 e. The van der Waals surface area contributed by atoms with Crippen LogP contribution in [0.15, 0.2) is 17.0 Å². The number of hydrogen-bond donors (Lipinski definition) is 2. The van der Waals surface area contributed by atoms with E-state index in [-0.39, 0.29) is 5.82 Å². The molecule has 0 bridgehead atoms. The zero-order chi connectivity index (χ0) is 9.97. The van der Waals surface area contributed by atoms with Crippen LogP contribution in [-0.2, 0) is 0 Å². The smallest absolute Gasteiger partial charge is 0.295 e. The molecule has 7 heteroatoms. The molecule has 0 aliphatic heterocycles. The molecule has 2 aromatic rings. The number of rotatable bonds is 2. The standard InChI is InChI=1S/C7H7N5O2/c1-4-9-6(12-11-4)7(13)10-5-2-8-14-3-5/h2-3H,1H3,(H,10,13)(H,9,11,12). The molecule has 0 atom stereocenters. The lowest BCUT2D eigenvalue weighted by Crippen LogP contribution is -2.13. The molecule has 2 rings (SSSR count). The van der Waals surface area contributed by atoms with E-state index in [1.807, 2.05) is 0 Å². The molecule has 0 fully saturated rings. The first-order valence-electron chi connectivity index (χ1n) is 3.85. The van der Waals surface area contributed by atoms with E-state index in [2.05, 4.69) is 30.2 Å². The van der Waals surface area contributed by atoms with Crippen LogP contribution < -0.4 is 5.32 Å². The Morgan fingerprint density at radius 3 is 3.07 bits per heavy atom. The zero-order valence-corrected chi connectivity index (χ0v) is 7.31. The van der Waals surface area contributed by atoms with Gasteiger partial charge < -0.3 is 9.84 Å². The van der Waals surface area contributed by atoms with Crippen LogP contribution in [0.4, 0.5) is 5.69 Å².